The van der Waals surface area contributed by atoms with Crippen molar-refractivity contribution in [3.8, 4) is 39.7 Å². The first-order valence-corrected chi connectivity index (χ1v) is 21.4. The molecule has 2 aliphatic rings. The van der Waals surface area contributed by atoms with Crippen LogP contribution in [0.4, 0.5) is 5.69 Å². The van der Waals surface area contributed by atoms with E-state index in [1.165, 1.54) is 76.8 Å². The fourth-order valence-corrected chi connectivity index (χ4v) is 11.9. The zero-order valence-corrected chi connectivity index (χ0v) is 34.8. The molecular formula is C58H38N4. The van der Waals surface area contributed by atoms with Crippen LogP contribution in [0.1, 0.15) is 55.5 Å². The highest BCUT2D eigenvalue weighted by Crippen LogP contribution is 2.57. The normalized spacial score (nSPS) is 14.4. The van der Waals surface area contributed by atoms with Gasteiger partial charge in [0.1, 0.15) is 6.07 Å². The van der Waals surface area contributed by atoms with E-state index in [2.05, 4.69) is 193 Å². The molecular weight excluding hydrogens is 753 g/mol. The Morgan fingerprint density at radius 3 is 1.42 bits per heavy atom. The molecule has 2 aromatic heterocycles. The fraction of sp³-hybridized carbons (Fsp3) is 0.103. The van der Waals surface area contributed by atoms with E-state index in [1.54, 1.807) is 0 Å². The summed E-state index contributed by atoms with van der Waals surface area (Å²) in [6, 6.07) is 59.1. The minimum Gasteiger partial charge on any atom is -0.319 e. The van der Waals surface area contributed by atoms with Crippen LogP contribution in [-0.4, -0.2) is 9.13 Å². The van der Waals surface area contributed by atoms with E-state index in [-0.39, 0.29) is 10.8 Å². The molecule has 9 aromatic carbocycles. The van der Waals surface area contributed by atoms with Crippen LogP contribution in [0.3, 0.4) is 0 Å². The summed E-state index contributed by atoms with van der Waals surface area (Å²) in [5.74, 6) is 0. The van der Waals surface area contributed by atoms with Gasteiger partial charge in [0, 0.05) is 32.4 Å². The van der Waals surface area contributed by atoms with Crippen LogP contribution in [-0.2, 0) is 10.8 Å². The van der Waals surface area contributed by atoms with Crippen LogP contribution in [0, 0.1) is 17.9 Å². The molecule has 13 rings (SSSR count). The van der Waals surface area contributed by atoms with Crippen molar-refractivity contribution in [1.29, 1.82) is 5.26 Å². The molecule has 4 heteroatoms. The van der Waals surface area contributed by atoms with Gasteiger partial charge in [0.05, 0.1) is 45.6 Å². The van der Waals surface area contributed by atoms with Crippen molar-refractivity contribution >= 4 is 70.8 Å². The maximum absolute atomic E-state index is 11.2. The SMILES string of the molecule is [C-]#[N+]c1cc(-n2c3ccccc3c3c4c(ccc32)-c2c(ccc3ccccc23)C4(C)C)c(C#N)cc1-n1c2ccccc2c2c3c(ccc21)-c1c(ccc2ccccc12)C3(C)C. The molecule has 4 nitrogen and oxygen atoms in total. The molecule has 11 aromatic rings. The van der Waals surface area contributed by atoms with Crippen LogP contribution in [0.15, 0.2) is 158 Å². The average Bonchev–Trinajstić information content (AvgIpc) is 3.97. The van der Waals surface area contributed by atoms with Crippen molar-refractivity contribution < 1.29 is 0 Å². The number of benzene rings is 9. The summed E-state index contributed by atoms with van der Waals surface area (Å²) >= 11 is 0. The minimum atomic E-state index is -0.271. The molecule has 0 spiro atoms. The number of hydrogen-bond donors (Lipinski definition) is 0. The number of hydrogen-bond acceptors (Lipinski definition) is 1. The summed E-state index contributed by atoms with van der Waals surface area (Å²) in [6.45, 7) is 18.1. The second-order valence-electron chi connectivity index (χ2n) is 18.2. The molecule has 0 amide bonds. The highest BCUT2D eigenvalue weighted by Gasteiger charge is 2.41. The third kappa shape index (κ3) is 4.19. The summed E-state index contributed by atoms with van der Waals surface area (Å²) in [6.07, 6.45) is 0. The highest BCUT2D eigenvalue weighted by atomic mass is 15.0. The lowest BCUT2D eigenvalue weighted by molar-refractivity contribution is 0.667. The molecule has 0 aliphatic heterocycles. The molecule has 0 atom stereocenters. The van der Waals surface area contributed by atoms with Crippen molar-refractivity contribution in [2.24, 2.45) is 0 Å². The van der Waals surface area contributed by atoms with Crippen molar-refractivity contribution in [2.45, 2.75) is 38.5 Å². The molecule has 0 bridgehead atoms. The Kier molecular flexibility index (Phi) is 6.69. The Morgan fingerprint density at radius 2 is 0.935 bits per heavy atom. The van der Waals surface area contributed by atoms with Gasteiger partial charge in [-0.3, -0.25) is 0 Å². The van der Waals surface area contributed by atoms with E-state index in [0.717, 1.165) is 32.8 Å². The van der Waals surface area contributed by atoms with Crippen LogP contribution >= 0.6 is 0 Å². The molecule has 0 fully saturated rings. The standard InChI is InChI=1S/C58H38N4/c1-57(2)42-26-22-33-14-6-8-16-36(33)51(42)40-24-28-47-53(55(40)57)38-18-10-12-20-45(38)61(47)49-31-44(60-5)50(30-35(49)32-59)62-46-21-13-11-19-39(46)54-48(62)29-25-41-52-37-17-9-7-15-34(37)23-27-43(52)58(3,4)56(41)54/h6-31H,1-4H3. The largest absolute Gasteiger partial charge is 0.319 e. The monoisotopic (exact) mass is 790 g/mol. The highest BCUT2D eigenvalue weighted by molar-refractivity contribution is 6.18. The van der Waals surface area contributed by atoms with Gasteiger partial charge in [-0.25, -0.2) is 4.85 Å². The van der Waals surface area contributed by atoms with Gasteiger partial charge in [-0.2, -0.15) is 5.26 Å². The van der Waals surface area contributed by atoms with E-state index < -0.39 is 0 Å². The number of nitriles is 1. The number of rotatable bonds is 2. The van der Waals surface area contributed by atoms with Gasteiger partial charge in [0.25, 0.3) is 0 Å². The van der Waals surface area contributed by atoms with Crippen molar-refractivity contribution in [3.05, 3.63) is 197 Å². The van der Waals surface area contributed by atoms with Gasteiger partial charge in [0.2, 0.25) is 5.69 Å². The average molecular weight is 791 g/mol. The molecule has 290 valence electrons. The summed E-state index contributed by atoms with van der Waals surface area (Å²) < 4.78 is 4.45. The number of para-hydroxylation sites is 2. The molecule has 0 saturated carbocycles. The van der Waals surface area contributed by atoms with Gasteiger partial charge < -0.3 is 9.13 Å². The fourth-order valence-electron chi connectivity index (χ4n) is 11.9. The Labute approximate surface area is 358 Å². The Hall–Kier alpha value is -7.92. The predicted octanol–water partition coefficient (Wildman–Crippen LogP) is 15.2. The maximum Gasteiger partial charge on any atom is 0.212 e. The van der Waals surface area contributed by atoms with Crippen LogP contribution in [0.5, 0.6) is 0 Å². The second kappa shape index (κ2) is 11.9. The molecule has 0 N–H and O–H groups in total. The predicted molar refractivity (Wildman–Crippen MR) is 256 cm³/mol. The number of fused-ring (bicyclic) bond motifs is 18. The maximum atomic E-state index is 11.2. The van der Waals surface area contributed by atoms with E-state index in [4.69, 9.17) is 6.57 Å². The Morgan fingerprint density at radius 1 is 0.484 bits per heavy atom. The topological polar surface area (TPSA) is 38.0 Å². The summed E-state index contributed by atoms with van der Waals surface area (Å²) in [7, 11) is 0. The van der Waals surface area contributed by atoms with Gasteiger partial charge in [-0.15, -0.1) is 0 Å². The third-order valence-electron chi connectivity index (χ3n) is 14.5. The Bertz CT molecular complexity index is 3690. The Balaban J connectivity index is 1.07. The smallest absolute Gasteiger partial charge is 0.212 e. The lowest BCUT2D eigenvalue weighted by atomic mass is 9.80. The van der Waals surface area contributed by atoms with Gasteiger partial charge in [-0.1, -0.05) is 149 Å². The quantitative estimate of drug-likeness (QED) is 0.161. The summed E-state index contributed by atoms with van der Waals surface area (Å²) in [5.41, 5.74) is 16.3. The van der Waals surface area contributed by atoms with Crippen LogP contribution in [0.25, 0.3) is 104 Å². The van der Waals surface area contributed by atoms with E-state index >= 15 is 0 Å². The van der Waals surface area contributed by atoms with Crippen molar-refractivity contribution in [1.82, 2.24) is 9.13 Å². The molecule has 0 radical (unpaired) electrons. The molecule has 2 aliphatic carbocycles. The first-order chi connectivity index (χ1) is 30.2. The first-order valence-electron chi connectivity index (χ1n) is 21.4. The van der Waals surface area contributed by atoms with Gasteiger partial charge in [0.15, 0.2) is 0 Å². The minimum absolute atomic E-state index is 0.271. The zero-order chi connectivity index (χ0) is 41.8. The lowest BCUT2D eigenvalue weighted by Crippen LogP contribution is -2.15. The van der Waals surface area contributed by atoms with Crippen molar-refractivity contribution in [3.63, 3.8) is 0 Å². The number of nitrogens with zero attached hydrogens (tertiary/aromatic N) is 4. The zero-order valence-electron chi connectivity index (χ0n) is 34.8. The number of aromatic nitrogens is 2. The molecule has 0 saturated heterocycles. The van der Waals surface area contributed by atoms with Gasteiger partial charge >= 0.3 is 0 Å². The molecule has 62 heavy (non-hydrogen) atoms. The molecule has 0 unspecified atom stereocenters. The van der Waals surface area contributed by atoms with Crippen molar-refractivity contribution in [2.75, 3.05) is 0 Å². The van der Waals surface area contributed by atoms with E-state index in [9.17, 15) is 5.26 Å². The summed E-state index contributed by atoms with van der Waals surface area (Å²) in [5, 5.41) is 20.8. The van der Waals surface area contributed by atoms with E-state index in [1.807, 2.05) is 12.1 Å². The lowest BCUT2D eigenvalue weighted by Gasteiger charge is -2.23. The van der Waals surface area contributed by atoms with Gasteiger partial charge in [-0.05, 0) is 102 Å². The van der Waals surface area contributed by atoms with Crippen LogP contribution in [0.2, 0.25) is 0 Å². The first kappa shape index (κ1) is 34.9. The van der Waals surface area contributed by atoms with Crippen LogP contribution < -0.4 is 0 Å². The third-order valence-corrected chi connectivity index (χ3v) is 14.5. The summed E-state index contributed by atoms with van der Waals surface area (Å²) in [4.78, 5) is 4.26. The molecule has 2 heterocycles. The van der Waals surface area contributed by atoms with E-state index in [0.29, 0.717) is 22.6 Å². The second-order valence-corrected chi connectivity index (χ2v) is 18.2.